The zero-order valence-electron chi connectivity index (χ0n) is 34.9. The molecule has 8 aromatic rings. The van der Waals surface area contributed by atoms with Crippen LogP contribution in [0, 0.1) is 0 Å². The van der Waals surface area contributed by atoms with Crippen LogP contribution in [-0.4, -0.2) is 0 Å². The van der Waals surface area contributed by atoms with Crippen molar-refractivity contribution in [2.24, 2.45) is 0 Å². The first-order chi connectivity index (χ1) is 28.2. The highest BCUT2D eigenvalue weighted by molar-refractivity contribution is 5.96. The standard InChI is InChI=1S/C49H33N/c1-3-13-34(14-4-1)36-23-27-38(28-24-36)50(39-29-25-37(26-30-39)35-15-5-2-6-16-35)40-31-32-44-43-19-9-12-22-47(43)49(48(44)33-40)45-20-10-7-17-41(45)42-18-8-11-21-46(42)49/h1-33H/i23D,24D,25D,26D,27D,28D,29D,30D. The monoisotopic (exact) mass is 643 g/mol. The number of nitrogens with zero attached hydrogens (tertiary/aromatic N) is 1. The van der Waals surface area contributed by atoms with E-state index in [-0.39, 0.29) is 70.8 Å². The molecule has 8 aromatic carbocycles. The molecule has 1 nitrogen and oxygen atoms in total. The molecule has 234 valence electrons. The Morgan fingerprint density at radius 2 is 0.700 bits per heavy atom. The van der Waals surface area contributed by atoms with Gasteiger partial charge in [0.1, 0.15) is 0 Å². The third-order valence-electron chi connectivity index (χ3n) is 10.0. The highest BCUT2D eigenvalue weighted by atomic mass is 15.1. The SMILES string of the molecule is [2H]c1c([2H])c(N(c2ccc3c(c2)C2(c4ccccc4-c4ccccc42)c2ccccc2-3)c2c([2H])c([2H])c(-c3ccccc3)c([2H])c2[2H])c([2H])c([2H])c1-c1ccccc1. The lowest BCUT2D eigenvalue weighted by atomic mass is 9.70. The van der Waals surface area contributed by atoms with Crippen molar-refractivity contribution >= 4 is 17.1 Å². The lowest BCUT2D eigenvalue weighted by molar-refractivity contribution is 0.793. The Hall–Kier alpha value is -6.44. The maximum atomic E-state index is 9.54. The quantitative estimate of drug-likeness (QED) is 0.180. The van der Waals surface area contributed by atoms with Crippen molar-refractivity contribution in [3.63, 3.8) is 0 Å². The summed E-state index contributed by atoms with van der Waals surface area (Å²) in [5.41, 5.74) is 8.98. The van der Waals surface area contributed by atoms with Gasteiger partial charge in [0.25, 0.3) is 0 Å². The molecule has 0 unspecified atom stereocenters. The van der Waals surface area contributed by atoms with Crippen LogP contribution in [0.3, 0.4) is 0 Å². The molecule has 0 aromatic heterocycles. The zero-order chi connectivity index (χ0) is 40.0. The van der Waals surface area contributed by atoms with Crippen LogP contribution in [-0.2, 0) is 5.41 Å². The summed E-state index contributed by atoms with van der Waals surface area (Å²) < 4.78 is 75.3. The van der Waals surface area contributed by atoms with Crippen LogP contribution in [0.5, 0.6) is 0 Å². The number of hydrogen-bond donors (Lipinski definition) is 0. The third kappa shape index (κ3) is 4.20. The van der Waals surface area contributed by atoms with Crippen molar-refractivity contribution in [3.05, 3.63) is 222 Å². The van der Waals surface area contributed by atoms with E-state index in [0.29, 0.717) is 16.8 Å². The van der Waals surface area contributed by atoms with Gasteiger partial charge < -0.3 is 4.90 Å². The Morgan fingerprint density at radius 1 is 0.320 bits per heavy atom. The van der Waals surface area contributed by atoms with E-state index in [9.17, 15) is 11.0 Å². The Morgan fingerprint density at radius 3 is 1.14 bits per heavy atom. The molecule has 50 heavy (non-hydrogen) atoms. The van der Waals surface area contributed by atoms with E-state index in [1.54, 1.807) is 48.5 Å². The van der Waals surface area contributed by atoms with Crippen LogP contribution in [0.25, 0.3) is 44.5 Å². The first-order valence-corrected chi connectivity index (χ1v) is 16.7. The molecule has 0 heterocycles. The molecule has 2 aliphatic carbocycles. The molecule has 2 aliphatic rings. The summed E-state index contributed by atoms with van der Waals surface area (Å²) in [5, 5.41) is 0. The highest BCUT2D eigenvalue weighted by Gasteiger charge is 2.51. The lowest BCUT2D eigenvalue weighted by Gasteiger charge is -2.32. The summed E-state index contributed by atoms with van der Waals surface area (Å²) in [5.74, 6) is 0. The average molecular weight is 644 g/mol. The Bertz CT molecular complexity index is 2770. The maximum Gasteiger partial charge on any atom is 0.0726 e. The van der Waals surface area contributed by atoms with Crippen LogP contribution in [0.4, 0.5) is 17.1 Å². The highest BCUT2D eigenvalue weighted by Crippen LogP contribution is 2.63. The first kappa shape index (κ1) is 21.5. The molecule has 0 bridgehead atoms. The molecule has 0 N–H and O–H groups in total. The molecule has 0 radical (unpaired) electrons. The van der Waals surface area contributed by atoms with Gasteiger partial charge in [0.05, 0.1) is 16.4 Å². The molecule has 0 amide bonds. The van der Waals surface area contributed by atoms with Gasteiger partial charge in [0.15, 0.2) is 0 Å². The molecular formula is C49H33N. The van der Waals surface area contributed by atoms with E-state index in [1.807, 2.05) is 66.7 Å². The van der Waals surface area contributed by atoms with Gasteiger partial charge in [-0.2, -0.15) is 0 Å². The molecule has 0 fully saturated rings. The molecule has 0 saturated heterocycles. The molecule has 10 rings (SSSR count). The van der Waals surface area contributed by atoms with Crippen molar-refractivity contribution in [2.75, 3.05) is 4.90 Å². The van der Waals surface area contributed by atoms with Gasteiger partial charge in [0.2, 0.25) is 0 Å². The molecular weight excluding hydrogens is 603 g/mol. The second-order valence-electron chi connectivity index (χ2n) is 12.6. The van der Waals surface area contributed by atoms with Gasteiger partial charge in [0, 0.05) is 17.1 Å². The van der Waals surface area contributed by atoms with Gasteiger partial charge in [-0.1, -0.05) is 164 Å². The normalized spacial score (nSPS) is 15.2. The van der Waals surface area contributed by atoms with Crippen molar-refractivity contribution < 1.29 is 11.0 Å². The number of fused-ring (bicyclic) bond motifs is 10. The third-order valence-corrected chi connectivity index (χ3v) is 10.0. The van der Waals surface area contributed by atoms with E-state index in [1.165, 1.54) is 4.90 Å². The summed E-state index contributed by atoms with van der Waals surface area (Å²) in [7, 11) is 0. The van der Waals surface area contributed by atoms with Crippen LogP contribution in [0.2, 0.25) is 0 Å². The minimum Gasteiger partial charge on any atom is -0.310 e. The smallest absolute Gasteiger partial charge is 0.0726 e. The number of rotatable bonds is 5. The van der Waals surface area contributed by atoms with Crippen LogP contribution in [0.1, 0.15) is 33.2 Å². The van der Waals surface area contributed by atoms with Crippen molar-refractivity contribution in [2.45, 2.75) is 5.41 Å². The second-order valence-corrected chi connectivity index (χ2v) is 12.6. The van der Waals surface area contributed by atoms with Crippen LogP contribution < -0.4 is 4.90 Å². The largest absolute Gasteiger partial charge is 0.310 e. The summed E-state index contributed by atoms with van der Waals surface area (Å²) >= 11 is 0. The molecule has 1 heteroatoms. The summed E-state index contributed by atoms with van der Waals surface area (Å²) in [6.07, 6.45) is 0. The number of anilines is 3. The van der Waals surface area contributed by atoms with Crippen LogP contribution >= 0.6 is 0 Å². The van der Waals surface area contributed by atoms with E-state index >= 15 is 0 Å². The molecule has 0 atom stereocenters. The molecule has 0 saturated carbocycles. The van der Waals surface area contributed by atoms with Crippen molar-refractivity contribution in [3.8, 4) is 44.5 Å². The van der Waals surface area contributed by atoms with Gasteiger partial charge >= 0.3 is 0 Å². The molecule has 0 aliphatic heterocycles. The predicted octanol–water partition coefficient (Wildman–Crippen LogP) is 12.8. The minimum atomic E-state index is -0.765. The predicted molar refractivity (Wildman–Crippen MR) is 208 cm³/mol. The Kier molecular flexibility index (Phi) is 4.87. The summed E-state index contributed by atoms with van der Waals surface area (Å²) in [6.45, 7) is 0. The van der Waals surface area contributed by atoms with Crippen LogP contribution in [0.15, 0.2) is 200 Å². The number of benzene rings is 8. The summed E-state index contributed by atoms with van der Waals surface area (Å²) in [6, 6.07) is 45.9. The van der Waals surface area contributed by atoms with E-state index in [2.05, 4.69) is 36.4 Å². The lowest BCUT2D eigenvalue weighted by Crippen LogP contribution is -2.26. The molecule has 1 spiro atoms. The fraction of sp³-hybridized carbons (Fsp3) is 0.0204. The average Bonchev–Trinajstić information content (AvgIpc) is 3.72. The van der Waals surface area contributed by atoms with Gasteiger partial charge in [-0.05, 0) is 103 Å². The Labute approximate surface area is 304 Å². The first-order valence-electron chi connectivity index (χ1n) is 20.7. The fourth-order valence-electron chi connectivity index (χ4n) is 7.93. The fourth-order valence-corrected chi connectivity index (χ4v) is 7.93. The van der Waals surface area contributed by atoms with Crippen molar-refractivity contribution in [1.82, 2.24) is 0 Å². The van der Waals surface area contributed by atoms with Gasteiger partial charge in [-0.25, -0.2) is 0 Å². The van der Waals surface area contributed by atoms with Gasteiger partial charge in [-0.15, -0.1) is 0 Å². The number of hydrogen-bond acceptors (Lipinski definition) is 1. The van der Waals surface area contributed by atoms with E-state index in [0.717, 1.165) is 44.5 Å². The topological polar surface area (TPSA) is 3.24 Å². The minimum absolute atomic E-state index is 0.126. The van der Waals surface area contributed by atoms with E-state index in [4.69, 9.17) is 0 Å². The maximum absolute atomic E-state index is 9.54. The van der Waals surface area contributed by atoms with Crippen molar-refractivity contribution in [1.29, 1.82) is 0 Å². The zero-order valence-corrected chi connectivity index (χ0v) is 26.9. The Balaban J connectivity index is 1.31. The second kappa shape index (κ2) is 11.3. The summed E-state index contributed by atoms with van der Waals surface area (Å²) in [4.78, 5) is 1.41. The van der Waals surface area contributed by atoms with E-state index < -0.39 is 5.41 Å². The van der Waals surface area contributed by atoms with Gasteiger partial charge in [-0.3, -0.25) is 0 Å².